The third-order valence-corrected chi connectivity index (χ3v) is 5.63. The Morgan fingerprint density at radius 1 is 1.03 bits per heavy atom. The standard InChI is InChI=1S/C23H26F3N7/c1-22(2,3)32-20-28-13-18-19(31-20)33(17-10-4-14(12-27)5-11-17)21(30-18)29-16-8-6-15(7-9-16)23(24,25)26/h6-9,13-14,17H,4-5,10-11H2,1-3H3,(H,29,30)(H,28,31,32)/t14-,17-. The van der Waals surface area contributed by atoms with Crippen LogP contribution >= 0.6 is 0 Å². The molecule has 0 radical (unpaired) electrons. The monoisotopic (exact) mass is 457 g/mol. The third-order valence-electron chi connectivity index (χ3n) is 5.63. The van der Waals surface area contributed by atoms with Gasteiger partial charge in [0.25, 0.3) is 0 Å². The van der Waals surface area contributed by atoms with Crippen LogP contribution in [0.3, 0.4) is 0 Å². The number of fused-ring (bicyclic) bond motifs is 1. The zero-order valence-corrected chi connectivity index (χ0v) is 18.7. The molecular weight excluding hydrogens is 431 g/mol. The van der Waals surface area contributed by atoms with Crippen LogP contribution < -0.4 is 10.6 Å². The molecule has 0 unspecified atom stereocenters. The summed E-state index contributed by atoms with van der Waals surface area (Å²) >= 11 is 0. The number of rotatable bonds is 4. The Hall–Kier alpha value is -3.35. The first-order valence-electron chi connectivity index (χ1n) is 10.9. The van der Waals surface area contributed by atoms with Crippen molar-refractivity contribution in [2.45, 2.75) is 64.2 Å². The van der Waals surface area contributed by atoms with E-state index in [1.54, 1.807) is 6.20 Å². The van der Waals surface area contributed by atoms with Crippen LogP contribution in [0.2, 0.25) is 0 Å². The van der Waals surface area contributed by atoms with Gasteiger partial charge in [0.15, 0.2) is 5.65 Å². The fourth-order valence-corrected chi connectivity index (χ4v) is 4.06. The fraction of sp³-hybridized carbons (Fsp3) is 0.478. The molecule has 0 amide bonds. The van der Waals surface area contributed by atoms with Gasteiger partial charge >= 0.3 is 6.18 Å². The Balaban J connectivity index is 1.72. The zero-order chi connectivity index (χ0) is 23.8. The lowest BCUT2D eigenvalue weighted by atomic mass is 9.87. The van der Waals surface area contributed by atoms with Crippen LogP contribution in [0.4, 0.5) is 30.8 Å². The molecule has 3 aromatic rings. The van der Waals surface area contributed by atoms with Gasteiger partial charge in [0, 0.05) is 23.2 Å². The predicted molar refractivity (Wildman–Crippen MR) is 120 cm³/mol. The maximum absolute atomic E-state index is 12.9. The molecule has 174 valence electrons. The second kappa shape index (κ2) is 8.54. The number of halogens is 3. The second-order valence-corrected chi connectivity index (χ2v) is 9.42. The summed E-state index contributed by atoms with van der Waals surface area (Å²) in [6.07, 6.45) is 0.384. The summed E-state index contributed by atoms with van der Waals surface area (Å²) < 4.78 is 40.8. The smallest absolute Gasteiger partial charge is 0.350 e. The first kappa shape index (κ1) is 22.8. The van der Waals surface area contributed by atoms with Gasteiger partial charge in [-0.05, 0) is 70.7 Å². The number of hydrogen-bond acceptors (Lipinski definition) is 6. The second-order valence-electron chi connectivity index (χ2n) is 9.42. The van der Waals surface area contributed by atoms with Gasteiger partial charge in [0.1, 0.15) is 5.52 Å². The highest BCUT2D eigenvalue weighted by Gasteiger charge is 2.30. The van der Waals surface area contributed by atoms with E-state index in [9.17, 15) is 18.4 Å². The summed E-state index contributed by atoms with van der Waals surface area (Å²) in [5.41, 5.74) is 0.786. The van der Waals surface area contributed by atoms with Gasteiger partial charge in [-0.1, -0.05) is 0 Å². The van der Waals surface area contributed by atoms with Gasteiger partial charge in [0.05, 0.1) is 17.8 Å². The maximum Gasteiger partial charge on any atom is 0.416 e. The molecule has 33 heavy (non-hydrogen) atoms. The topological polar surface area (TPSA) is 91.5 Å². The van der Waals surface area contributed by atoms with Gasteiger partial charge < -0.3 is 10.6 Å². The van der Waals surface area contributed by atoms with Crippen molar-refractivity contribution in [2.24, 2.45) is 5.92 Å². The Labute approximate surface area is 190 Å². The number of benzene rings is 1. The highest BCUT2D eigenvalue weighted by molar-refractivity contribution is 5.76. The van der Waals surface area contributed by atoms with E-state index >= 15 is 0 Å². The highest BCUT2D eigenvalue weighted by atomic mass is 19.4. The van der Waals surface area contributed by atoms with Crippen LogP contribution in [0.15, 0.2) is 30.5 Å². The lowest BCUT2D eigenvalue weighted by Crippen LogP contribution is -2.27. The molecule has 2 heterocycles. The van der Waals surface area contributed by atoms with Crippen LogP contribution in [0.5, 0.6) is 0 Å². The molecule has 7 nitrogen and oxygen atoms in total. The summed E-state index contributed by atoms with van der Waals surface area (Å²) in [4.78, 5) is 13.7. The van der Waals surface area contributed by atoms with Gasteiger partial charge in [-0.25, -0.2) is 9.97 Å². The van der Waals surface area contributed by atoms with Crippen molar-refractivity contribution in [3.63, 3.8) is 0 Å². The Morgan fingerprint density at radius 3 is 2.27 bits per heavy atom. The summed E-state index contributed by atoms with van der Waals surface area (Å²) in [7, 11) is 0. The first-order chi connectivity index (χ1) is 15.5. The Bertz CT molecular complexity index is 1160. The molecule has 1 saturated carbocycles. The van der Waals surface area contributed by atoms with Crippen LogP contribution in [0, 0.1) is 17.2 Å². The van der Waals surface area contributed by atoms with Crippen LogP contribution in [-0.2, 0) is 6.18 Å². The average molecular weight is 458 g/mol. The molecular formula is C23H26F3N7. The van der Waals surface area contributed by atoms with E-state index in [1.165, 1.54) is 12.1 Å². The summed E-state index contributed by atoms with van der Waals surface area (Å²) in [5.74, 6) is 1.01. The first-order valence-corrected chi connectivity index (χ1v) is 10.9. The number of aromatic nitrogens is 4. The minimum atomic E-state index is -4.39. The molecule has 0 atom stereocenters. The van der Waals surface area contributed by atoms with E-state index in [0.717, 1.165) is 37.8 Å². The maximum atomic E-state index is 12.9. The fourth-order valence-electron chi connectivity index (χ4n) is 4.06. The van der Waals surface area contributed by atoms with Gasteiger partial charge in [0.2, 0.25) is 11.9 Å². The average Bonchev–Trinajstić information content (AvgIpc) is 3.09. The van der Waals surface area contributed by atoms with Crippen molar-refractivity contribution >= 4 is 28.7 Å². The van der Waals surface area contributed by atoms with E-state index in [-0.39, 0.29) is 17.5 Å². The highest BCUT2D eigenvalue weighted by Crippen LogP contribution is 2.37. The molecule has 2 aromatic heterocycles. The third kappa shape index (κ3) is 5.18. The van der Waals surface area contributed by atoms with Crippen LogP contribution in [0.25, 0.3) is 11.2 Å². The molecule has 4 rings (SSSR count). The van der Waals surface area contributed by atoms with E-state index in [4.69, 9.17) is 4.98 Å². The van der Waals surface area contributed by atoms with Gasteiger partial charge in [-0.3, -0.25) is 4.57 Å². The number of nitriles is 1. The summed E-state index contributed by atoms with van der Waals surface area (Å²) in [6, 6.07) is 7.26. The predicted octanol–water partition coefficient (Wildman–Crippen LogP) is 6.05. The van der Waals surface area contributed by atoms with E-state index in [2.05, 4.69) is 26.7 Å². The lowest BCUT2D eigenvalue weighted by Gasteiger charge is -2.27. The Kier molecular flexibility index (Phi) is 5.91. The quantitative estimate of drug-likeness (QED) is 0.495. The number of nitrogens with one attached hydrogen (secondary N) is 2. The number of hydrogen-bond donors (Lipinski definition) is 2. The molecule has 1 aliphatic rings. The molecule has 0 aliphatic heterocycles. The minimum absolute atomic E-state index is 0.0371. The van der Waals surface area contributed by atoms with Crippen LogP contribution in [-0.4, -0.2) is 25.1 Å². The minimum Gasteiger partial charge on any atom is -0.350 e. The normalized spacial score (nSPS) is 19.3. The molecule has 0 saturated heterocycles. The summed E-state index contributed by atoms with van der Waals surface area (Å²) in [5, 5.41) is 15.7. The van der Waals surface area contributed by atoms with E-state index < -0.39 is 11.7 Å². The number of alkyl halides is 3. The van der Waals surface area contributed by atoms with Crippen molar-refractivity contribution in [1.29, 1.82) is 5.26 Å². The number of imidazole rings is 1. The summed E-state index contributed by atoms with van der Waals surface area (Å²) in [6.45, 7) is 6.04. The molecule has 0 spiro atoms. The number of nitrogens with zero attached hydrogens (tertiary/aromatic N) is 5. The molecule has 1 fully saturated rings. The van der Waals surface area contributed by atoms with Gasteiger partial charge in [-0.15, -0.1) is 0 Å². The number of anilines is 3. The SMILES string of the molecule is CC(C)(C)Nc1ncc2nc(Nc3ccc(C(F)(F)F)cc3)n([C@H]3CC[C@H](C#N)CC3)c2n1. The Morgan fingerprint density at radius 2 is 1.70 bits per heavy atom. The van der Waals surface area contributed by atoms with Crippen LogP contribution in [0.1, 0.15) is 58.1 Å². The lowest BCUT2D eigenvalue weighted by molar-refractivity contribution is -0.137. The molecule has 10 heteroatoms. The zero-order valence-electron chi connectivity index (χ0n) is 18.7. The molecule has 1 aliphatic carbocycles. The van der Waals surface area contributed by atoms with Crippen molar-refractivity contribution in [1.82, 2.24) is 19.5 Å². The van der Waals surface area contributed by atoms with Crippen molar-refractivity contribution in [2.75, 3.05) is 10.6 Å². The molecule has 1 aromatic carbocycles. The van der Waals surface area contributed by atoms with Gasteiger partial charge in [-0.2, -0.15) is 23.4 Å². The van der Waals surface area contributed by atoms with Crippen molar-refractivity contribution in [3.05, 3.63) is 36.0 Å². The molecule has 0 bridgehead atoms. The van der Waals surface area contributed by atoms with E-state index in [0.29, 0.717) is 28.7 Å². The van der Waals surface area contributed by atoms with Crippen molar-refractivity contribution in [3.8, 4) is 6.07 Å². The largest absolute Gasteiger partial charge is 0.416 e. The molecule has 2 N–H and O–H groups in total. The van der Waals surface area contributed by atoms with Crippen molar-refractivity contribution < 1.29 is 13.2 Å². The van der Waals surface area contributed by atoms with E-state index in [1.807, 2.05) is 25.3 Å².